The van der Waals surface area contributed by atoms with Crippen LogP contribution in [0.2, 0.25) is 0 Å². The average molecular weight is 328 g/mol. The molecule has 0 aliphatic carbocycles. The van der Waals surface area contributed by atoms with Gasteiger partial charge in [0.25, 0.3) is 0 Å². The minimum Gasteiger partial charge on any atom is -0.211 e. The smallest absolute Gasteiger partial charge is 0.211 e. The fraction of sp³-hybridized carbons (Fsp3) is 0. The van der Waals surface area contributed by atoms with Crippen molar-refractivity contribution in [2.24, 2.45) is 4.99 Å². The Kier molecular flexibility index (Phi) is 3.83. The lowest BCUT2D eigenvalue weighted by Crippen LogP contribution is -1.92. The van der Waals surface area contributed by atoms with Crippen molar-refractivity contribution in [2.45, 2.75) is 0 Å². The van der Waals surface area contributed by atoms with Crippen molar-refractivity contribution in [1.29, 1.82) is 0 Å². The molecule has 0 heterocycles. The molecule has 0 atom stereocenters. The molecular formula is C13H5BrF3NO. The monoisotopic (exact) mass is 327 g/mol. The van der Waals surface area contributed by atoms with Crippen LogP contribution in [0.4, 0.5) is 18.9 Å². The van der Waals surface area contributed by atoms with Gasteiger partial charge in [-0.1, -0.05) is 22.0 Å². The second-order valence-electron chi connectivity index (χ2n) is 3.58. The number of benzene rings is 2. The highest BCUT2D eigenvalue weighted by molar-refractivity contribution is 9.10. The molecule has 2 aromatic rings. The fourth-order valence-electron chi connectivity index (χ4n) is 1.67. The summed E-state index contributed by atoms with van der Waals surface area (Å²) in [5.41, 5.74) is -1.07. The summed E-state index contributed by atoms with van der Waals surface area (Å²) in [6.07, 6.45) is 1.17. The number of hydrogen-bond acceptors (Lipinski definition) is 2. The summed E-state index contributed by atoms with van der Waals surface area (Å²) >= 11 is 3.02. The van der Waals surface area contributed by atoms with Crippen LogP contribution in [0.3, 0.4) is 0 Å². The summed E-state index contributed by atoms with van der Waals surface area (Å²) < 4.78 is 41.4. The molecule has 96 valence electrons. The zero-order valence-corrected chi connectivity index (χ0v) is 10.8. The van der Waals surface area contributed by atoms with Gasteiger partial charge >= 0.3 is 0 Å². The molecule has 0 aliphatic rings. The first-order valence-electron chi connectivity index (χ1n) is 5.06. The third kappa shape index (κ3) is 2.59. The van der Waals surface area contributed by atoms with Crippen LogP contribution >= 0.6 is 15.9 Å². The number of carbonyl (C=O) groups excluding carboxylic acids is 1. The van der Waals surface area contributed by atoms with Crippen LogP contribution in [-0.4, -0.2) is 6.08 Å². The van der Waals surface area contributed by atoms with Crippen molar-refractivity contribution >= 4 is 27.7 Å². The molecule has 0 aliphatic heterocycles. The topological polar surface area (TPSA) is 29.4 Å². The minimum absolute atomic E-state index is 0.161. The number of halogens is 4. The first-order valence-corrected chi connectivity index (χ1v) is 5.85. The molecule has 0 N–H and O–H groups in total. The highest BCUT2D eigenvalue weighted by atomic mass is 79.9. The van der Waals surface area contributed by atoms with E-state index in [1.165, 1.54) is 18.2 Å². The zero-order valence-electron chi connectivity index (χ0n) is 9.25. The third-order valence-electron chi connectivity index (χ3n) is 2.42. The van der Waals surface area contributed by atoms with Crippen molar-refractivity contribution in [1.82, 2.24) is 0 Å². The number of isocyanates is 1. The van der Waals surface area contributed by atoms with Gasteiger partial charge in [-0.3, -0.25) is 0 Å². The maximum absolute atomic E-state index is 13.7. The standard InChI is InChI=1S/C13H5BrF3NO/c14-7-4-8(13(18-6-19)11(17)5-7)12-9(15)2-1-3-10(12)16/h1-5H. The maximum atomic E-state index is 13.7. The largest absolute Gasteiger partial charge is 0.240 e. The third-order valence-corrected chi connectivity index (χ3v) is 2.88. The van der Waals surface area contributed by atoms with E-state index in [1.54, 1.807) is 0 Å². The molecular weight excluding hydrogens is 323 g/mol. The van der Waals surface area contributed by atoms with Gasteiger partial charge in [-0.15, -0.1) is 0 Å². The summed E-state index contributed by atoms with van der Waals surface area (Å²) in [6.45, 7) is 0. The lowest BCUT2D eigenvalue weighted by molar-refractivity contribution is 0.564. The molecule has 0 saturated carbocycles. The van der Waals surface area contributed by atoms with E-state index < -0.39 is 28.7 Å². The van der Waals surface area contributed by atoms with Gasteiger partial charge in [-0.25, -0.2) is 18.0 Å². The molecule has 0 spiro atoms. The Labute approximate surface area is 114 Å². The Morgan fingerprint density at radius 2 is 1.68 bits per heavy atom. The van der Waals surface area contributed by atoms with Crippen molar-refractivity contribution in [3.8, 4) is 11.1 Å². The number of aliphatic imine (C=N–C) groups is 1. The molecule has 0 bridgehead atoms. The summed E-state index contributed by atoms with van der Waals surface area (Å²) in [6, 6.07) is 5.57. The predicted molar refractivity (Wildman–Crippen MR) is 67.2 cm³/mol. The van der Waals surface area contributed by atoms with Gasteiger partial charge < -0.3 is 0 Å². The highest BCUT2D eigenvalue weighted by Crippen LogP contribution is 2.37. The van der Waals surface area contributed by atoms with E-state index in [9.17, 15) is 18.0 Å². The van der Waals surface area contributed by atoms with Gasteiger partial charge in [0.2, 0.25) is 6.08 Å². The molecule has 0 fully saturated rings. The molecule has 2 aromatic carbocycles. The molecule has 2 nitrogen and oxygen atoms in total. The Morgan fingerprint density at radius 3 is 2.26 bits per heavy atom. The van der Waals surface area contributed by atoms with Crippen molar-refractivity contribution in [3.05, 3.63) is 52.3 Å². The van der Waals surface area contributed by atoms with Gasteiger partial charge in [0.05, 0.1) is 5.56 Å². The van der Waals surface area contributed by atoms with Gasteiger partial charge in [-0.2, -0.15) is 4.99 Å². The van der Waals surface area contributed by atoms with E-state index in [2.05, 4.69) is 20.9 Å². The SMILES string of the molecule is O=C=Nc1c(F)cc(Br)cc1-c1c(F)cccc1F. The van der Waals surface area contributed by atoms with Crippen LogP contribution in [0.1, 0.15) is 0 Å². The number of nitrogens with zero attached hydrogens (tertiary/aromatic N) is 1. The van der Waals surface area contributed by atoms with Gasteiger partial charge in [0.15, 0.2) is 5.82 Å². The first kappa shape index (κ1) is 13.5. The van der Waals surface area contributed by atoms with E-state index in [-0.39, 0.29) is 10.0 Å². The zero-order chi connectivity index (χ0) is 14.0. The maximum Gasteiger partial charge on any atom is 0.240 e. The summed E-state index contributed by atoms with van der Waals surface area (Å²) in [7, 11) is 0. The first-order chi connectivity index (χ1) is 9.04. The Morgan fingerprint density at radius 1 is 1.05 bits per heavy atom. The molecule has 0 radical (unpaired) electrons. The quantitative estimate of drug-likeness (QED) is 0.589. The lowest BCUT2D eigenvalue weighted by atomic mass is 10.0. The minimum atomic E-state index is -0.879. The van der Waals surface area contributed by atoms with Crippen molar-refractivity contribution in [2.75, 3.05) is 0 Å². The van der Waals surface area contributed by atoms with Gasteiger partial charge in [-0.05, 0) is 24.3 Å². The van der Waals surface area contributed by atoms with Crippen LogP contribution in [0, 0.1) is 17.5 Å². The second-order valence-corrected chi connectivity index (χ2v) is 4.50. The lowest BCUT2D eigenvalue weighted by Gasteiger charge is -2.09. The molecule has 0 aromatic heterocycles. The highest BCUT2D eigenvalue weighted by Gasteiger charge is 2.18. The van der Waals surface area contributed by atoms with Crippen molar-refractivity contribution < 1.29 is 18.0 Å². The molecule has 0 saturated heterocycles. The number of hydrogen-bond donors (Lipinski definition) is 0. The van der Waals surface area contributed by atoms with Crippen LogP contribution in [0.15, 0.2) is 39.8 Å². The Bertz CT molecular complexity index is 676. The van der Waals surface area contributed by atoms with E-state index in [0.29, 0.717) is 0 Å². The molecule has 6 heteroatoms. The summed E-state index contributed by atoms with van der Waals surface area (Å²) in [5, 5.41) is 0. The van der Waals surface area contributed by atoms with E-state index in [1.807, 2.05) is 0 Å². The molecule has 19 heavy (non-hydrogen) atoms. The Balaban J connectivity index is 2.85. The summed E-state index contributed by atoms with van der Waals surface area (Å²) in [5.74, 6) is -2.63. The molecule has 0 unspecified atom stereocenters. The summed E-state index contributed by atoms with van der Waals surface area (Å²) in [4.78, 5) is 13.5. The average Bonchev–Trinajstić information content (AvgIpc) is 2.33. The van der Waals surface area contributed by atoms with Crippen LogP contribution in [-0.2, 0) is 4.79 Å². The van der Waals surface area contributed by atoms with Crippen LogP contribution in [0.25, 0.3) is 11.1 Å². The molecule has 2 rings (SSSR count). The normalized spacial score (nSPS) is 10.1. The fourth-order valence-corrected chi connectivity index (χ4v) is 2.10. The number of rotatable bonds is 2. The van der Waals surface area contributed by atoms with Crippen LogP contribution < -0.4 is 0 Å². The molecule has 0 amide bonds. The second kappa shape index (κ2) is 5.38. The Hall–Kier alpha value is -1.91. The van der Waals surface area contributed by atoms with Gasteiger partial charge in [0, 0.05) is 10.0 Å². The van der Waals surface area contributed by atoms with E-state index >= 15 is 0 Å². The van der Waals surface area contributed by atoms with E-state index in [4.69, 9.17) is 0 Å². The van der Waals surface area contributed by atoms with Gasteiger partial charge in [0.1, 0.15) is 17.3 Å². The predicted octanol–water partition coefficient (Wildman–Crippen LogP) is 4.50. The van der Waals surface area contributed by atoms with E-state index in [0.717, 1.165) is 18.2 Å². The van der Waals surface area contributed by atoms with Crippen molar-refractivity contribution in [3.63, 3.8) is 0 Å². The van der Waals surface area contributed by atoms with Crippen LogP contribution in [0.5, 0.6) is 0 Å².